The molecular formula is C39H51Si. The Labute approximate surface area is 246 Å². The highest BCUT2D eigenvalue weighted by Crippen LogP contribution is 2.38. The van der Waals surface area contributed by atoms with Crippen molar-refractivity contribution in [1.29, 1.82) is 0 Å². The molecule has 0 fully saturated rings. The zero-order valence-corrected chi connectivity index (χ0v) is 27.5. The van der Waals surface area contributed by atoms with Crippen molar-refractivity contribution in [2.75, 3.05) is 0 Å². The van der Waals surface area contributed by atoms with Gasteiger partial charge in [-0.05, 0) is 99.8 Å². The maximum Gasteiger partial charge on any atom is 0.163 e. The molecule has 0 nitrogen and oxygen atoms in total. The van der Waals surface area contributed by atoms with Crippen molar-refractivity contribution in [2.45, 2.75) is 100 Å². The monoisotopic (exact) mass is 547 g/mol. The van der Waals surface area contributed by atoms with E-state index in [1.807, 2.05) is 0 Å². The van der Waals surface area contributed by atoms with E-state index in [0.29, 0.717) is 5.92 Å². The first-order valence-corrected chi connectivity index (χ1v) is 18.0. The summed E-state index contributed by atoms with van der Waals surface area (Å²) in [6.45, 7) is 18.7. The molecular weight excluding hydrogens is 497 g/mol. The van der Waals surface area contributed by atoms with Crippen LogP contribution in [-0.4, -0.2) is 8.07 Å². The fraction of sp³-hybridized carbons (Fsp3) is 0.410. The van der Waals surface area contributed by atoms with E-state index in [9.17, 15) is 0 Å². The van der Waals surface area contributed by atoms with Crippen LogP contribution in [0.5, 0.6) is 0 Å². The van der Waals surface area contributed by atoms with Gasteiger partial charge in [0, 0.05) is 5.54 Å². The van der Waals surface area contributed by atoms with E-state index in [1.54, 1.807) is 26.7 Å². The summed E-state index contributed by atoms with van der Waals surface area (Å²) >= 11 is 0. The average molecular weight is 548 g/mol. The second-order valence-corrected chi connectivity index (χ2v) is 15.5. The predicted octanol–water partition coefficient (Wildman–Crippen LogP) is 8.19. The van der Waals surface area contributed by atoms with Gasteiger partial charge in [-0.3, -0.25) is 0 Å². The van der Waals surface area contributed by atoms with Gasteiger partial charge in [-0.2, -0.15) is 0 Å². The molecule has 0 amide bonds. The van der Waals surface area contributed by atoms with E-state index >= 15 is 0 Å². The molecule has 40 heavy (non-hydrogen) atoms. The van der Waals surface area contributed by atoms with Gasteiger partial charge in [0.25, 0.3) is 0 Å². The van der Waals surface area contributed by atoms with Crippen LogP contribution in [0.25, 0.3) is 0 Å². The highest BCUT2D eigenvalue weighted by molar-refractivity contribution is 7.16. The normalized spacial score (nSPS) is 14.6. The van der Waals surface area contributed by atoms with Crippen molar-refractivity contribution in [3.63, 3.8) is 0 Å². The minimum absolute atomic E-state index is 0.525. The van der Waals surface area contributed by atoms with Crippen molar-refractivity contribution in [3.05, 3.63) is 117 Å². The van der Waals surface area contributed by atoms with Crippen LogP contribution in [0.1, 0.15) is 95.2 Å². The zero-order valence-electron chi connectivity index (χ0n) is 26.5. The average Bonchev–Trinajstić information content (AvgIpc) is 3.50. The van der Waals surface area contributed by atoms with E-state index in [0.717, 1.165) is 44.9 Å². The Hall–Kier alpha value is -2.64. The SMILES string of the molecule is CCc1cc(CC)cc([Si]([C]2C=CC=C2C(C)CC)(c2cc(CC)cc(CC)c2)c2cc(CC)cc(CC)c2)c1. The molecule has 1 aliphatic carbocycles. The molecule has 0 N–H and O–H groups in total. The van der Waals surface area contributed by atoms with Crippen molar-refractivity contribution in [1.82, 2.24) is 0 Å². The molecule has 0 saturated carbocycles. The predicted molar refractivity (Wildman–Crippen MR) is 180 cm³/mol. The van der Waals surface area contributed by atoms with Crippen molar-refractivity contribution in [3.8, 4) is 0 Å². The van der Waals surface area contributed by atoms with Gasteiger partial charge in [0.05, 0.1) is 0 Å². The van der Waals surface area contributed by atoms with E-state index in [1.165, 1.54) is 33.4 Å². The Kier molecular flexibility index (Phi) is 10.1. The van der Waals surface area contributed by atoms with Gasteiger partial charge in [0.15, 0.2) is 8.07 Å². The van der Waals surface area contributed by atoms with Crippen LogP contribution >= 0.6 is 0 Å². The Morgan fingerprint density at radius 2 is 0.825 bits per heavy atom. The van der Waals surface area contributed by atoms with E-state index in [4.69, 9.17) is 0 Å². The molecule has 3 aromatic rings. The summed E-state index contributed by atoms with van der Waals surface area (Å²) in [5, 5.41) is 4.68. The highest BCUT2D eigenvalue weighted by atomic mass is 28.3. The van der Waals surface area contributed by atoms with Crippen molar-refractivity contribution < 1.29 is 0 Å². The molecule has 0 aromatic heterocycles. The van der Waals surface area contributed by atoms with Gasteiger partial charge in [-0.25, -0.2) is 0 Å². The molecule has 1 aliphatic rings. The van der Waals surface area contributed by atoms with Crippen molar-refractivity contribution in [2.24, 2.45) is 5.92 Å². The van der Waals surface area contributed by atoms with E-state index in [2.05, 4.69) is 128 Å². The summed E-state index contributed by atoms with van der Waals surface area (Å²) in [4.78, 5) is 0. The van der Waals surface area contributed by atoms with Crippen LogP contribution in [0.15, 0.2) is 78.4 Å². The quantitative estimate of drug-likeness (QED) is 0.158. The van der Waals surface area contributed by atoms with Crippen LogP contribution in [0, 0.1) is 11.5 Å². The molecule has 0 aliphatic heterocycles. The molecule has 1 radical (unpaired) electrons. The fourth-order valence-corrected chi connectivity index (χ4v) is 12.0. The first-order chi connectivity index (χ1) is 19.4. The zero-order chi connectivity index (χ0) is 28.9. The molecule has 1 heteroatoms. The Morgan fingerprint density at radius 1 is 0.500 bits per heavy atom. The van der Waals surface area contributed by atoms with Gasteiger partial charge in [-0.15, -0.1) is 0 Å². The molecule has 4 rings (SSSR count). The van der Waals surface area contributed by atoms with Crippen LogP contribution in [-0.2, 0) is 38.5 Å². The number of hydrogen-bond acceptors (Lipinski definition) is 0. The number of allylic oxidation sites excluding steroid dienone is 4. The standard InChI is InChI=1S/C39H51Si/c1-9-28(8)38-17-16-18-39(38)40(35-22-29(10-2)19-30(11-3)23-35,36-24-31(12-4)20-32(13-5)25-36)37-26-33(14-6)21-34(15-7)27-37/h16-28H,9-15H2,1-8H3. The van der Waals surface area contributed by atoms with Crippen LogP contribution in [0.2, 0.25) is 0 Å². The molecule has 0 bridgehead atoms. The smallest absolute Gasteiger partial charge is 0.0750 e. The van der Waals surface area contributed by atoms with Crippen LogP contribution in [0.3, 0.4) is 0 Å². The highest BCUT2D eigenvalue weighted by Gasteiger charge is 2.49. The van der Waals surface area contributed by atoms with Gasteiger partial charge >= 0.3 is 0 Å². The first kappa shape index (κ1) is 30.3. The number of benzene rings is 3. The largest absolute Gasteiger partial charge is 0.163 e. The maximum atomic E-state index is 2.59. The molecule has 1 unspecified atom stereocenters. The third-order valence-corrected chi connectivity index (χ3v) is 14.0. The number of aryl methyl sites for hydroxylation is 6. The lowest BCUT2D eigenvalue weighted by atomic mass is 9.97. The summed E-state index contributed by atoms with van der Waals surface area (Å²) in [6.07, 6.45) is 14.8. The Morgan fingerprint density at radius 3 is 1.10 bits per heavy atom. The molecule has 211 valence electrons. The fourth-order valence-electron chi connectivity index (χ4n) is 6.55. The third-order valence-electron chi connectivity index (χ3n) is 9.30. The number of hydrogen-bond donors (Lipinski definition) is 0. The molecule has 3 aromatic carbocycles. The molecule has 1 atom stereocenters. The lowest BCUT2D eigenvalue weighted by Crippen LogP contribution is -2.71. The summed E-state index contributed by atoms with van der Waals surface area (Å²) in [5.74, 6) is 0.525. The first-order valence-electron chi connectivity index (χ1n) is 16.0. The lowest BCUT2D eigenvalue weighted by molar-refractivity contribution is 0.661. The number of rotatable bonds is 12. The summed E-state index contributed by atoms with van der Waals surface area (Å²) < 4.78 is 0. The minimum atomic E-state index is -2.66. The molecule has 0 spiro atoms. The van der Waals surface area contributed by atoms with Gasteiger partial charge < -0.3 is 0 Å². The molecule has 0 heterocycles. The topological polar surface area (TPSA) is 0 Å². The minimum Gasteiger partial charge on any atom is -0.0750 e. The van der Waals surface area contributed by atoms with Crippen LogP contribution < -0.4 is 15.6 Å². The second-order valence-electron chi connectivity index (χ2n) is 11.7. The van der Waals surface area contributed by atoms with Crippen LogP contribution in [0.4, 0.5) is 0 Å². The lowest BCUT2D eigenvalue weighted by Gasteiger charge is -2.41. The molecule has 0 saturated heterocycles. The maximum absolute atomic E-state index is 2.66. The Bertz CT molecular complexity index is 1170. The van der Waals surface area contributed by atoms with Gasteiger partial charge in [0.2, 0.25) is 0 Å². The van der Waals surface area contributed by atoms with Crippen molar-refractivity contribution >= 4 is 23.6 Å². The second kappa shape index (κ2) is 13.3. The Balaban J connectivity index is 2.25. The summed E-state index contributed by atoms with van der Waals surface area (Å²) in [6, 6.07) is 22.9. The van der Waals surface area contributed by atoms with E-state index in [-0.39, 0.29) is 0 Å². The third kappa shape index (κ3) is 5.73. The summed E-state index contributed by atoms with van der Waals surface area (Å²) in [5.41, 5.74) is 11.9. The summed E-state index contributed by atoms with van der Waals surface area (Å²) in [7, 11) is -2.66. The van der Waals surface area contributed by atoms with Gasteiger partial charge in [-0.1, -0.05) is 134 Å². The van der Waals surface area contributed by atoms with E-state index < -0.39 is 8.07 Å². The van der Waals surface area contributed by atoms with Gasteiger partial charge in [0.1, 0.15) is 0 Å².